The lowest BCUT2D eigenvalue weighted by Gasteiger charge is -2.13. The van der Waals surface area contributed by atoms with Gasteiger partial charge in [-0.25, -0.2) is 9.59 Å². The average Bonchev–Trinajstić information content (AvgIpc) is 2.67. The Bertz CT molecular complexity index is 667. The van der Waals surface area contributed by atoms with Gasteiger partial charge in [0, 0.05) is 6.54 Å². The number of methoxy groups -OCH3 is 1. The zero-order chi connectivity index (χ0) is 18.8. The number of esters is 1. The highest BCUT2D eigenvalue weighted by molar-refractivity contribution is 5.95. The molecule has 1 aliphatic carbocycles. The van der Waals surface area contributed by atoms with Crippen LogP contribution in [-0.4, -0.2) is 38.2 Å². The molecular weight excluding hydrogens is 336 g/mol. The molecule has 0 spiro atoms. The molecule has 0 atom stereocenters. The van der Waals surface area contributed by atoms with Crippen molar-refractivity contribution < 1.29 is 23.9 Å². The van der Waals surface area contributed by atoms with Gasteiger partial charge >= 0.3 is 12.0 Å². The number of allylic oxidation sites excluding steroid dienone is 1. The SMILES string of the molecule is COC(=O)c1ccc(OCC(=O)NC(=O)NCCC2=CCCCC2)cc1. The fraction of sp³-hybridized carbons (Fsp3) is 0.421. The molecule has 140 valence electrons. The van der Waals surface area contributed by atoms with E-state index in [0.717, 1.165) is 19.3 Å². The summed E-state index contributed by atoms with van der Waals surface area (Å²) < 4.78 is 9.88. The van der Waals surface area contributed by atoms with Crippen LogP contribution in [0.3, 0.4) is 0 Å². The monoisotopic (exact) mass is 360 g/mol. The van der Waals surface area contributed by atoms with Gasteiger partial charge in [0.25, 0.3) is 5.91 Å². The van der Waals surface area contributed by atoms with Gasteiger partial charge < -0.3 is 14.8 Å². The highest BCUT2D eigenvalue weighted by Gasteiger charge is 2.10. The summed E-state index contributed by atoms with van der Waals surface area (Å²) in [6, 6.07) is 5.64. The van der Waals surface area contributed by atoms with Crippen molar-refractivity contribution in [2.24, 2.45) is 0 Å². The van der Waals surface area contributed by atoms with Crippen LogP contribution in [0.5, 0.6) is 5.75 Å². The minimum atomic E-state index is -0.545. The second-order valence-corrected chi connectivity index (χ2v) is 5.97. The molecule has 1 aliphatic rings. The maximum atomic E-state index is 11.7. The van der Waals surface area contributed by atoms with Crippen molar-refractivity contribution in [1.82, 2.24) is 10.6 Å². The van der Waals surface area contributed by atoms with E-state index >= 15 is 0 Å². The Morgan fingerprint density at radius 3 is 2.54 bits per heavy atom. The predicted octanol–water partition coefficient (Wildman–Crippen LogP) is 2.57. The first kappa shape index (κ1) is 19.5. The molecule has 0 heterocycles. The van der Waals surface area contributed by atoms with Gasteiger partial charge in [-0.3, -0.25) is 10.1 Å². The number of carbonyl (C=O) groups excluding carboxylic acids is 3. The zero-order valence-electron chi connectivity index (χ0n) is 14.9. The second kappa shape index (κ2) is 10.2. The van der Waals surface area contributed by atoms with Crippen LogP contribution in [0.2, 0.25) is 0 Å². The maximum absolute atomic E-state index is 11.7. The van der Waals surface area contributed by atoms with Gasteiger partial charge in [-0.05, 0) is 56.4 Å². The summed E-state index contributed by atoms with van der Waals surface area (Å²) in [4.78, 5) is 34.7. The minimum absolute atomic E-state index is 0.295. The topological polar surface area (TPSA) is 93.7 Å². The number of imide groups is 1. The van der Waals surface area contributed by atoms with E-state index in [1.807, 2.05) is 0 Å². The number of carbonyl (C=O) groups is 3. The van der Waals surface area contributed by atoms with Gasteiger partial charge in [0.05, 0.1) is 12.7 Å². The number of urea groups is 1. The van der Waals surface area contributed by atoms with E-state index < -0.39 is 17.9 Å². The molecule has 0 fully saturated rings. The standard InChI is InChI=1S/C19H24N2O5/c1-25-18(23)15-7-9-16(10-8-15)26-13-17(22)21-19(24)20-12-11-14-5-3-2-4-6-14/h5,7-10H,2-4,6,11-13H2,1H3,(H2,20,21,22,24). The van der Waals surface area contributed by atoms with Crippen LogP contribution in [-0.2, 0) is 9.53 Å². The van der Waals surface area contributed by atoms with Gasteiger partial charge in [0.15, 0.2) is 6.61 Å². The van der Waals surface area contributed by atoms with Crippen molar-refractivity contribution in [1.29, 1.82) is 0 Å². The zero-order valence-corrected chi connectivity index (χ0v) is 14.9. The largest absolute Gasteiger partial charge is 0.484 e. The molecule has 0 aromatic heterocycles. The number of amides is 3. The Morgan fingerprint density at radius 1 is 1.12 bits per heavy atom. The van der Waals surface area contributed by atoms with Crippen LogP contribution in [0, 0.1) is 0 Å². The summed E-state index contributed by atoms with van der Waals surface area (Å²) in [6.07, 6.45) is 7.67. The molecule has 7 heteroatoms. The van der Waals surface area contributed by atoms with Gasteiger partial charge in [0.2, 0.25) is 0 Å². The van der Waals surface area contributed by atoms with Crippen LogP contribution in [0.15, 0.2) is 35.9 Å². The Balaban J connectivity index is 1.65. The highest BCUT2D eigenvalue weighted by Crippen LogP contribution is 2.19. The Kier molecular flexibility index (Phi) is 7.67. The third-order valence-electron chi connectivity index (χ3n) is 4.01. The van der Waals surface area contributed by atoms with Crippen LogP contribution in [0.1, 0.15) is 42.5 Å². The first-order valence-electron chi connectivity index (χ1n) is 8.65. The molecule has 0 unspecified atom stereocenters. The van der Waals surface area contributed by atoms with Gasteiger partial charge in [-0.15, -0.1) is 0 Å². The number of benzene rings is 1. The van der Waals surface area contributed by atoms with E-state index in [1.54, 1.807) is 12.1 Å². The predicted molar refractivity (Wildman–Crippen MR) is 96.0 cm³/mol. The Hall–Kier alpha value is -2.83. The smallest absolute Gasteiger partial charge is 0.337 e. The van der Waals surface area contributed by atoms with Gasteiger partial charge in [0.1, 0.15) is 5.75 Å². The van der Waals surface area contributed by atoms with E-state index in [1.165, 1.54) is 37.7 Å². The molecule has 2 rings (SSSR count). The molecule has 0 bridgehead atoms. The summed E-state index contributed by atoms with van der Waals surface area (Å²) >= 11 is 0. The van der Waals surface area contributed by atoms with Crippen LogP contribution < -0.4 is 15.4 Å². The van der Waals surface area contributed by atoms with E-state index in [0.29, 0.717) is 17.9 Å². The Labute approximate surface area is 152 Å². The van der Waals surface area contributed by atoms with Crippen LogP contribution >= 0.6 is 0 Å². The van der Waals surface area contributed by atoms with E-state index in [-0.39, 0.29) is 6.61 Å². The molecule has 0 saturated carbocycles. The minimum Gasteiger partial charge on any atom is -0.484 e. The normalized spacial score (nSPS) is 13.3. The summed E-state index contributed by atoms with van der Waals surface area (Å²) in [5.74, 6) is -0.580. The molecule has 1 aromatic rings. The molecule has 7 nitrogen and oxygen atoms in total. The lowest BCUT2D eigenvalue weighted by Crippen LogP contribution is -2.42. The summed E-state index contributed by atoms with van der Waals surface area (Å²) in [5, 5.41) is 4.89. The number of ether oxygens (including phenoxy) is 2. The number of nitrogens with one attached hydrogen (secondary N) is 2. The fourth-order valence-corrected chi connectivity index (χ4v) is 2.63. The molecule has 0 saturated heterocycles. The Morgan fingerprint density at radius 2 is 1.88 bits per heavy atom. The third kappa shape index (κ3) is 6.58. The maximum Gasteiger partial charge on any atom is 0.337 e. The van der Waals surface area contributed by atoms with Crippen molar-refractivity contribution >= 4 is 17.9 Å². The molecule has 1 aromatic carbocycles. The van der Waals surface area contributed by atoms with Crippen LogP contribution in [0.4, 0.5) is 4.79 Å². The molecule has 2 N–H and O–H groups in total. The van der Waals surface area contributed by atoms with Crippen molar-refractivity contribution in [3.05, 3.63) is 41.5 Å². The molecule has 3 amide bonds. The van der Waals surface area contributed by atoms with Crippen molar-refractivity contribution in [3.63, 3.8) is 0 Å². The number of hydrogen-bond donors (Lipinski definition) is 2. The highest BCUT2D eigenvalue weighted by atomic mass is 16.5. The lowest BCUT2D eigenvalue weighted by atomic mass is 9.97. The molecule has 0 radical (unpaired) electrons. The number of hydrogen-bond acceptors (Lipinski definition) is 5. The molecule has 26 heavy (non-hydrogen) atoms. The summed E-state index contributed by atoms with van der Waals surface area (Å²) in [5.41, 5.74) is 1.75. The average molecular weight is 360 g/mol. The molecule has 0 aliphatic heterocycles. The van der Waals surface area contributed by atoms with E-state index in [4.69, 9.17) is 4.74 Å². The van der Waals surface area contributed by atoms with Crippen LogP contribution in [0.25, 0.3) is 0 Å². The van der Waals surface area contributed by atoms with Gasteiger partial charge in [-0.1, -0.05) is 11.6 Å². The first-order chi connectivity index (χ1) is 12.6. The van der Waals surface area contributed by atoms with Crippen molar-refractivity contribution in [2.45, 2.75) is 32.1 Å². The van der Waals surface area contributed by atoms with Crippen molar-refractivity contribution in [2.75, 3.05) is 20.3 Å². The van der Waals surface area contributed by atoms with E-state index in [2.05, 4.69) is 21.4 Å². The first-order valence-corrected chi connectivity index (χ1v) is 8.65. The molecular formula is C19H24N2O5. The fourth-order valence-electron chi connectivity index (χ4n) is 2.63. The summed E-state index contributed by atoms with van der Waals surface area (Å²) in [6.45, 7) is 0.205. The lowest BCUT2D eigenvalue weighted by molar-refractivity contribution is -0.122. The quantitative estimate of drug-likeness (QED) is 0.576. The van der Waals surface area contributed by atoms with Crippen molar-refractivity contribution in [3.8, 4) is 5.75 Å². The van der Waals surface area contributed by atoms with E-state index in [9.17, 15) is 14.4 Å². The second-order valence-electron chi connectivity index (χ2n) is 5.97. The summed E-state index contributed by atoms with van der Waals surface area (Å²) in [7, 11) is 1.30. The number of rotatable bonds is 7. The van der Waals surface area contributed by atoms with Gasteiger partial charge in [-0.2, -0.15) is 0 Å². The third-order valence-corrected chi connectivity index (χ3v) is 4.01.